The summed E-state index contributed by atoms with van der Waals surface area (Å²) in [5.41, 5.74) is 15.3. The molecule has 1 heteroatoms. The van der Waals surface area contributed by atoms with Crippen LogP contribution in [0.4, 0.5) is 17.1 Å². The predicted molar refractivity (Wildman–Crippen MR) is 243 cm³/mol. The smallest absolute Gasteiger partial charge is 0.0540 e. The maximum absolute atomic E-state index is 2.41. The Morgan fingerprint density at radius 3 is 1.44 bits per heavy atom. The normalized spacial score (nSPS) is 11.2. The average molecular weight is 726 g/mol. The standard InChI is InChI=1S/C56H39N/c1-3-17-40(18-4-1)50-28-11-12-30-54(50)56-52(43-19-5-2-6-20-43)32-16-33-53(56)45-25-13-26-47(39-45)57(55-34-15-24-42-22-8-10-29-51(42)55)46-37-35-44(36-38-46)49-31-14-23-41-21-7-9-27-48(41)49/h1-39H. The topological polar surface area (TPSA) is 3.24 Å². The van der Waals surface area contributed by atoms with Gasteiger partial charge in [-0.05, 0) is 102 Å². The molecular formula is C56H39N. The number of hydrogen-bond acceptors (Lipinski definition) is 1. The minimum Gasteiger partial charge on any atom is -0.310 e. The molecule has 0 saturated carbocycles. The van der Waals surface area contributed by atoms with E-state index in [4.69, 9.17) is 0 Å². The van der Waals surface area contributed by atoms with E-state index in [2.05, 4.69) is 241 Å². The first-order valence-electron chi connectivity index (χ1n) is 19.6. The van der Waals surface area contributed by atoms with Crippen molar-refractivity contribution in [3.8, 4) is 55.6 Å². The molecule has 0 bridgehead atoms. The molecule has 0 fully saturated rings. The quantitative estimate of drug-likeness (QED) is 0.151. The van der Waals surface area contributed by atoms with Crippen LogP contribution < -0.4 is 4.90 Å². The number of benzene rings is 10. The molecule has 10 aromatic rings. The van der Waals surface area contributed by atoms with Crippen LogP contribution in [0.2, 0.25) is 0 Å². The highest BCUT2D eigenvalue weighted by atomic mass is 15.1. The summed E-state index contributed by atoms with van der Waals surface area (Å²) in [4.78, 5) is 2.41. The van der Waals surface area contributed by atoms with Crippen molar-refractivity contribution in [2.45, 2.75) is 0 Å². The van der Waals surface area contributed by atoms with E-state index >= 15 is 0 Å². The zero-order valence-corrected chi connectivity index (χ0v) is 31.5. The van der Waals surface area contributed by atoms with E-state index in [-0.39, 0.29) is 0 Å². The van der Waals surface area contributed by atoms with E-state index in [1.54, 1.807) is 0 Å². The predicted octanol–water partition coefficient (Wildman–Crippen LogP) is 15.8. The van der Waals surface area contributed by atoms with Crippen LogP contribution in [0.5, 0.6) is 0 Å². The molecule has 0 spiro atoms. The number of rotatable bonds is 8. The largest absolute Gasteiger partial charge is 0.310 e. The van der Waals surface area contributed by atoms with Crippen LogP contribution in [-0.2, 0) is 0 Å². The minimum atomic E-state index is 1.09. The Morgan fingerprint density at radius 1 is 0.246 bits per heavy atom. The zero-order chi connectivity index (χ0) is 38.0. The molecule has 57 heavy (non-hydrogen) atoms. The van der Waals surface area contributed by atoms with Gasteiger partial charge in [0.2, 0.25) is 0 Å². The van der Waals surface area contributed by atoms with E-state index in [0.717, 1.165) is 22.6 Å². The van der Waals surface area contributed by atoms with Crippen molar-refractivity contribution in [3.05, 3.63) is 237 Å². The summed E-state index contributed by atoms with van der Waals surface area (Å²) in [5.74, 6) is 0. The summed E-state index contributed by atoms with van der Waals surface area (Å²) in [6.07, 6.45) is 0. The molecule has 0 aromatic heterocycles. The molecule has 268 valence electrons. The molecule has 0 amide bonds. The van der Waals surface area contributed by atoms with Gasteiger partial charge in [0.25, 0.3) is 0 Å². The van der Waals surface area contributed by atoms with Crippen molar-refractivity contribution in [2.75, 3.05) is 4.90 Å². The fourth-order valence-corrected chi connectivity index (χ4v) is 8.42. The van der Waals surface area contributed by atoms with Crippen LogP contribution in [0.3, 0.4) is 0 Å². The maximum Gasteiger partial charge on any atom is 0.0540 e. The average Bonchev–Trinajstić information content (AvgIpc) is 3.30. The van der Waals surface area contributed by atoms with Gasteiger partial charge in [0.15, 0.2) is 0 Å². The van der Waals surface area contributed by atoms with Crippen molar-refractivity contribution in [1.29, 1.82) is 0 Å². The summed E-state index contributed by atoms with van der Waals surface area (Å²) in [6.45, 7) is 0. The first kappa shape index (κ1) is 34.0. The van der Waals surface area contributed by atoms with Gasteiger partial charge in [0.1, 0.15) is 0 Å². The van der Waals surface area contributed by atoms with Crippen LogP contribution >= 0.6 is 0 Å². The second-order valence-corrected chi connectivity index (χ2v) is 14.5. The fraction of sp³-hybridized carbons (Fsp3) is 0. The highest BCUT2D eigenvalue weighted by Gasteiger charge is 2.20. The number of nitrogens with zero attached hydrogens (tertiary/aromatic N) is 1. The highest BCUT2D eigenvalue weighted by Crippen LogP contribution is 2.46. The highest BCUT2D eigenvalue weighted by molar-refractivity contribution is 6.02. The third-order valence-electron chi connectivity index (χ3n) is 11.1. The summed E-state index contributed by atoms with van der Waals surface area (Å²) in [7, 11) is 0. The second kappa shape index (κ2) is 15.0. The lowest BCUT2D eigenvalue weighted by molar-refractivity contribution is 1.30. The summed E-state index contributed by atoms with van der Waals surface area (Å²) >= 11 is 0. The molecule has 0 radical (unpaired) electrons. The van der Waals surface area contributed by atoms with Crippen molar-refractivity contribution in [2.24, 2.45) is 0 Å². The lowest BCUT2D eigenvalue weighted by Crippen LogP contribution is -2.10. The van der Waals surface area contributed by atoms with Gasteiger partial charge in [0, 0.05) is 16.8 Å². The first-order valence-corrected chi connectivity index (χ1v) is 19.6. The maximum atomic E-state index is 2.41. The van der Waals surface area contributed by atoms with Crippen LogP contribution in [-0.4, -0.2) is 0 Å². The third-order valence-corrected chi connectivity index (χ3v) is 11.1. The molecule has 0 saturated heterocycles. The number of hydrogen-bond donors (Lipinski definition) is 0. The molecule has 10 rings (SSSR count). The summed E-state index contributed by atoms with van der Waals surface area (Å²) in [5, 5.41) is 4.91. The molecule has 10 aromatic carbocycles. The summed E-state index contributed by atoms with van der Waals surface area (Å²) in [6, 6.07) is 85.7. The van der Waals surface area contributed by atoms with E-state index in [1.807, 2.05) is 0 Å². The van der Waals surface area contributed by atoms with E-state index in [1.165, 1.54) is 71.6 Å². The van der Waals surface area contributed by atoms with Gasteiger partial charge in [-0.2, -0.15) is 0 Å². The van der Waals surface area contributed by atoms with Crippen LogP contribution in [0.25, 0.3) is 77.2 Å². The van der Waals surface area contributed by atoms with Crippen molar-refractivity contribution < 1.29 is 0 Å². The third kappa shape index (κ3) is 6.46. The zero-order valence-electron chi connectivity index (χ0n) is 31.5. The molecule has 0 unspecified atom stereocenters. The summed E-state index contributed by atoms with van der Waals surface area (Å²) < 4.78 is 0. The lowest BCUT2D eigenvalue weighted by Gasteiger charge is -2.28. The van der Waals surface area contributed by atoms with E-state index in [0.29, 0.717) is 0 Å². The van der Waals surface area contributed by atoms with Gasteiger partial charge in [-0.1, -0.05) is 206 Å². The number of fused-ring (bicyclic) bond motifs is 2. The van der Waals surface area contributed by atoms with Gasteiger partial charge in [-0.15, -0.1) is 0 Å². The van der Waals surface area contributed by atoms with Gasteiger partial charge in [0.05, 0.1) is 5.69 Å². The van der Waals surface area contributed by atoms with Crippen molar-refractivity contribution in [1.82, 2.24) is 0 Å². The van der Waals surface area contributed by atoms with E-state index in [9.17, 15) is 0 Å². The molecule has 0 heterocycles. The van der Waals surface area contributed by atoms with Gasteiger partial charge < -0.3 is 4.90 Å². The van der Waals surface area contributed by atoms with Crippen LogP contribution in [0, 0.1) is 0 Å². The monoisotopic (exact) mass is 725 g/mol. The Labute approximate surface area is 334 Å². The Morgan fingerprint density at radius 2 is 0.702 bits per heavy atom. The van der Waals surface area contributed by atoms with Crippen LogP contribution in [0.1, 0.15) is 0 Å². The fourth-order valence-electron chi connectivity index (χ4n) is 8.42. The molecule has 0 atom stereocenters. The number of anilines is 3. The SMILES string of the molecule is c1ccc(-c2ccccc2-c2c(-c3ccccc3)cccc2-c2cccc(N(c3ccc(-c4cccc5ccccc45)cc3)c3cccc4ccccc34)c2)cc1. The molecule has 0 aliphatic rings. The molecule has 0 aliphatic carbocycles. The van der Waals surface area contributed by atoms with Gasteiger partial charge in [-0.3, -0.25) is 0 Å². The van der Waals surface area contributed by atoms with Crippen molar-refractivity contribution >= 4 is 38.6 Å². The van der Waals surface area contributed by atoms with Crippen LogP contribution in [0.15, 0.2) is 237 Å². The Kier molecular flexibility index (Phi) is 8.95. The molecular weight excluding hydrogens is 687 g/mol. The van der Waals surface area contributed by atoms with E-state index < -0.39 is 0 Å². The van der Waals surface area contributed by atoms with Gasteiger partial charge >= 0.3 is 0 Å². The van der Waals surface area contributed by atoms with Gasteiger partial charge in [-0.25, -0.2) is 0 Å². The minimum absolute atomic E-state index is 1.09. The lowest BCUT2D eigenvalue weighted by atomic mass is 9.84. The second-order valence-electron chi connectivity index (χ2n) is 14.5. The Hall–Kier alpha value is -7.48. The molecule has 1 nitrogen and oxygen atoms in total. The first-order chi connectivity index (χ1) is 28.3. The Balaban J connectivity index is 1.17. The molecule has 0 N–H and O–H groups in total. The van der Waals surface area contributed by atoms with Crippen molar-refractivity contribution in [3.63, 3.8) is 0 Å². The molecule has 0 aliphatic heterocycles. The Bertz CT molecular complexity index is 2990.